The number of aromatic nitrogens is 2. The van der Waals surface area contributed by atoms with E-state index in [2.05, 4.69) is 34.5 Å². The largest absolute Gasteiger partial charge is 0.308 e. The van der Waals surface area contributed by atoms with Crippen LogP contribution in [0, 0.1) is 6.92 Å². The average Bonchev–Trinajstić information content (AvgIpc) is 2.85. The summed E-state index contributed by atoms with van der Waals surface area (Å²) in [6, 6.07) is 10.1. The van der Waals surface area contributed by atoms with Crippen LogP contribution in [0.1, 0.15) is 5.56 Å². The molecule has 4 nitrogen and oxygen atoms in total. The second kappa shape index (κ2) is 4.36. The van der Waals surface area contributed by atoms with Crippen LogP contribution in [0.15, 0.2) is 35.7 Å². The molecule has 0 amide bonds. The minimum Gasteiger partial charge on any atom is -0.308 e. The Bertz CT molecular complexity index is 705. The van der Waals surface area contributed by atoms with E-state index >= 15 is 0 Å². The normalized spacial score (nSPS) is 10.8. The van der Waals surface area contributed by atoms with Gasteiger partial charge in [-0.2, -0.15) is 0 Å². The molecule has 0 aliphatic heterocycles. The van der Waals surface area contributed by atoms with Crippen LogP contribution in [-0.2, 0) is 0 Å². The molecule has 0 bridgehead atoms. The maximum Gasteiger partial charge on any atom is 0.163 e. The highest BCUT2D eigenvalue weighted by Gasteiger charge is 2.09. The molecule has 0 unspecified atom stereocenters. The van der Waals surface area contributed by atoms with E-state index in [0.29, 0.717) is 11.6 Å². The molecular weight excluding hydrogens is 244 g/mol. The van der Waals surface area contributed by atoms with Gasteiger partial charge in [0.25, 0.3) is 0 Å². The van der Waals surface area contributed by atoms with E-state index in [0.717, 1.165) is 15.8 Å². The summed E-state index contributed by atoms with van der Waals surface area (Å²) in [5.74, 6) is 6.88. The topological polar surface area (TPSA) is 63.8 Å². The molecule has 18 heavy (non-hydrogen) atoms. The Morgan fingerprint density at radius 1 is 1.22 bits per heavy atom. The number of anilines is 1. The standard InChI is InChI=1S/C13H12N4S/c1-8-3-2-4-9(7-8)11-15-12(17-14)10-5-6-18-13(10)16-11/h2-7H,14H2,1H3,(H,15,16,17). The molecule has 0 spiro atoms. The summed E-state index contributed by atoms with van der Waals surface area (Å²) in [4.78, 5) is 9.97. The Labute approximate surface area is 108 Å². The smallest absolute Gasteiger partial charge is 0.163 e. The number of nitrogen functional groups attached to an aromatic ring is 1. The van der Waals surface area contributed by atoms with Crippen molar-refractivity contribution in [2.75, 3.05) is 5.43 Å². The number of aryl methyl sites for hydroxylation is 1. The Morgan fingerprint density at radius 2 is 2.11 bits per heavy atom. The molecular formula is C13H12N4S. The van der Waals surface area contributed by atoms with Gasteiger partial charge in [-0.25, -0.2) is 15.8 Å². The highest BCUT2D eigenvalue weighted by atomic mass is 32.1. The second-order valence-electron chi connectivity index (χ2n) is 4.05. The number of benzene rings is 1. The molecule has 0 fully saturated rings. The molecule has 0 radical (unpaired) electrons. The molecule has 0 atom stereocenters. The number of hydrogen-bond acceptors (Lipinski definition) is 5. The first kappa shape index (κ1) is 11.1. The highest BCUT2D eigenvalue weighted by molar-refractivity contribution is 7.16. The van der Waals surface area contributed by atoms with Crippen molar-refractivity contribution < 1.29 is 0 Å². The lowest BCUT2D eigenvalue weighted by molar-refractivity contribution is 1.19. The summed E-state index contributed by atoms with van der Waals surface area (Å²) in [6.07, 6.45) is 0. The quantitative estimate of drug-likeness (QED) is 0.546. The summed E-state index contributed by atoms with van der Waals surface area (Å²) in [5, 5.41) is 2.94. The number of nitrogens with two attached hydrogens (primary N) is 1. The fourth-order valence-electron chi connectivity index (χ4n) is 1.88. The maximum absolute atomic E-state index is 5.52. The monoisotopic (exact) mass is 256 g/mol. The highest BCUT2D eigenvalue weighted by Crippen LogP contribution is 2.28. The van der Waals surface area contributed by atoms with E-state index in [4.69, 9.17) is 5.84 Å². The van der Waals surface area contributed by atoms with E-state index in [9.17, 15) is 0 Å². The van der Waals surface area contributed by atoms with Crippen LogP contribution in [0.25, 0.3) is 21.6 Å². The predicted molar refractivity (Wildman–Crippen MR) is 75.4 cm³/mol. The summed E-state index contributed by atoms with van der Waals surface area (Å²) in [6.45, 7) is 2.05. The predicted octanol–water partition coefficient (Wildman–Crippen LogP) is 2.95. The molecule has 5 heteroatoms. The van der Waals surface area contributed by atoms with Crippen molar-refractivity contribution in [3.8, 4) is 11.4 Å². The number of thiophene rings is 1. The number of nitrogens with one attached hydrogen (secondary N) is 1. The van der Waals surface area contributed by atoms with Crippen LogP contribution in [-0.4, -0.2) is 9.97 Å². The molecule has 0 saturated heterocycles. The second-order valence-corrected chi connectivity index (χ2v) is 4.94. The molecule has 90 valence electrons. The van der Waals surface area contributed by atoms with E-state index < -0.39 is 0 Å². The van der Waals surface area contributed by atoms with Gasteiger partial charge in [0.1, 0.15) is 4.83 Å². The van der Waals surface area contributed by atoms with Crippen molar-refractivity contribution in [1.29, 1.82) is 0 Å². The molecule has 2 aromatic heterocycles. The molecule has 0 aliphatic rings. The summed E-state index contributed by atoms with van der Waals surface area (Å²) in [7, 11) is 0. The lowest BCUT2D eigenvalue weighted by atomic mass is 10.1. The first-order valence-corrected chi connectivity index (χ1v) is 6.45. The van der Waals surface area contributed by atoms with E-state index in [1.165, 1.54) is 5.56 Å². The van der Waals surface area contributed by atoms with Gasteiger partial charge in [-0.1, -0.05) is 23.8 Å². The van der Waals surface area contributed by atoms with Crippen LogP contribution in [0.2, 0.25) is 0 Å². The summed E-state index contributed by atoms with van der Waals surface area (Å²) < 4.78 is 0. The van der Waals surface area contributed by atoms with Gasteiger partial charge >= 0.3 is 0 Å². The van der Waals surface area contributed by atoms with Crippen molar-refractivity contribution in [2.24, 2.45) is 5.84 Å². The lowest BCUT2D eigenvalue weighted by Gasteiger charge is -2.05. The van der Waals surface area contributed by atoms with Gasteiger partial charge in [0.2, 0.25) is 0 Å². The molecule has 2 heterocycles. The molecule has 3 N–H and O–H groups in total. The fraction of sp³-hybridized carbons (Fsp3) is 0.0769. The SMILES string of the molecule is Cc1cccc(-c2nc(NN)c3ccsc3n2)c1. The van der Waals surface area contributed by atoms with Crippen molar-refractivity contribution in [3.05, 3.63) is 41.3 Å². The first-order chi connectivity index (χ1) is 8.78. The van der Waals surface area contributed by atoms with Crippen molar-refractivity contribution in [2.45, 2.75) is 6.92 Å². The lowest BCUT2D eigenvalue weighted by Crippen LogP contribution is -2.09. The summed E-state index contributed by atoms with van der Waals surface area (Å²) >= 11 is 1.58. The zero-order valence-electron chi connectivity index (χ0n) is 9.84. The fourth-order valence-corrected chi connectivity index (χ4v) is 2.64. The van der Waals surface area contributed by atoms with E-state index in [1.54, 1.807) is 11.3 Å². The van der Waals surface area contributed by atoms with Crippen molar-refractivity contribution in [3.63, 3.8) is 0 Å². The van der Waals surface area contributed by atoms with Crippen molar-refractivity contribution >= 4 is 27.4 Å². The average molecular weight is 256 g/mol. The Balaban J connectivity index is 2.23. The Hall–Kier alpha value is -1.98. The van der Waals surface area contributed by atoms with Crippen molar-refractivity contribution in [1.82, 2.24) is 9.97 Å². The van der Waals surface area contributed by atoms with Gasteiger partial charge in [0, 0.05) is 5.56 Å². The minimum absolute atomic E-state index is 0.665. The summed E-state index contributed by atoms with van der Waals surface area (Å²) in [5.41, 5.74) is 4.82. The third kappa shape index (κ3) is 1.83. The zero-order chi connectivity index (χ0) is 12.5. The van der Waals surface area contributed by atoms with Gasteiger partial charge in [-0.3, -0.25) is 0 Å². The zero-order valence-corrected chi connectivity index (χ0v) is 10.7. The number of rotatable bonds is 2. The molecule has 1 aromatic carbocycles. The third-order valence-electron chi connectivity index (χ3n) is 2.74. The van der Waals surface area contributed by atoms with Gasteiger partial charge < -0.3 is 5.43 Å². The first-order valence-electron chi connectivity index (χ1n) is 5.57. The number of hydrogen-bond donors (Lipinski definition) is 2. The minimum atomic E-state index is 0.665. The maximum atomic E-state index is 5.52. The Morgan fingerprint density at radius 3 is 2.89 bits per heavy atom. The van der Waals surface area contributed by atoms with Crippen LogP contribution < -0.4 is 11.3 Å². The number of fused-ring (bicyclic) bond motifs is 1. The van der Waals surface area contributed by atoms with Gasteiger partial charge in [-0.05, 0) is 24.4 Å². The van der Waals surface area contributed by atoms with Gasteiger partial charge in [0.05, 0.1) is 5.39 Å². The van der Waals surface area contributed by atoms with Gasteiger partial charge in [0.15, 0.2) is 11.6 Å². The third-order valence-corrected chi connectivity index (χ3v) is 3.54. The Kier molecular flexibility index (Phi) is 2.70. The van der Waals surface area contributed by atoms with Gasteiger partial charge in [-0.15, -0.1) is 11.3 Å². The van der Waals surface area contributed by atoms with Crippen LogP contribution in [0.3, 0.4) is 0 Å². The number of hydrazine groups is 1. The molecule has 0 saturated carbocycles. The van der Waals surface area contributed by atoms with Crippen LogP contribution in [0.4, 0.5) is 5.82 Å². The van der Waals surface area contributed by atoms with E-state index in [1.807, 2.05) is 23.6 Å². The number of nitrogens with zero attached hydrogens (tertiary/aromatic N) is 2. The molecule has 3 aromatic rings. The van der Waals surface area contributed by atoms with E-state index in [-0.39, 0.29) is 0 Å². The van der Waals surface area contributed by atoms with Crippen LogP contribution in [0.5, 0.6) is 0 Å². The molecule has 3 rings (SSSR count). The molecule has 0 aliphatic carbocycles. The van der Waals surface area contributed by atoms with Crippen LogP contribution >= 0.6 is 11.3 Å².